The summed E-state index contributed by atoms with van der Waals surface area (Å²) in [7, 11) is 0. The van der Waals surface area contributed by atoms with Gasteiger partial charge < -0.3 is 29.9 Å². The smallest absolute Gasteiger partial charge is 0.196 e. The van der Waals surface area contributed by atoms with E-state index in [0.29, 0.717) is 11.1 Å². The number of rotatable bonds is 6. The first-order valence-corrected chi connectivity index (χ1v) is 11.6. The summed E-state index contributed by atoms with van der Waals surface area (Å²) >= 11 is 0. The van der Waals surface area contributed by atoms with Crippen LogP contribution in [0.3, 0.4) is 0 Å². The number of phenolic OH excluding ortho intramolecular Hbond substituents is 5. The molecule has 0 bridgehead atoms. The van der Waals surface area contributed by atoms with E-state index in [2.05, 4.69) is 0 Å². The van der Waals surface area contributed by atoms with Crippen molar-refractivity contribution >= 4 is 16.8 Å². The minimum atomic E-state index is -1.24. The SMILES string of the molecule is O=C(c1ccc(O)cc1O)[C@H](c1coc2cc(O)ccc2c1=O)C(c1ccc(O)cc1)c1ccc(O)cc1. The molecule has 1 atom stereocenters. The second-order valence-corrected chi connectivity index (χ2v) is 8.90. The van der Waals surface area contributed by atoms with Gasteiger partial charge in [-0.2, -0.15) is 0 Å². The van der Waals surface area contributed by atoms with Crippen molar-refractivity contribution in [2.24, 2.45) is 0 Å². The molecule has 0 radical (unpaired) electrons. The average Bonchev–Trinajstić information content (AvgIpc) is 2.89. The van der Waals surface area contributed by atoms with Gasteiger partial charge in [0.1, 0.15) is 34.3 Å². The summed E-state index contributed by atoms with van der Waals surface area (Å²) in [6.45, 7) is 0. The summed E-state index contributed by atoms with van der Waals surface area (Å²) in [6.07, 6.45) is 1.16. The van der Waals surface area contributed by atoms with Crippen LogP contribution >= 0.6 is 0 Å². The number of carbonyl (C=O) groups is 1. The molecule has 0 fully saturated rings. The number of ketones is 1. The van der Waals surface area contributed by atoms with E-state index in [1.54, 1.807) is 24.3 Å². The molecule has 0 unspecified atom stereocenters. The zero-order valence-electron chi connectivity index (χ0n) is 19.8. The van der Waals surface area contributed by atoms with Crippen LogP contribution in [0.2, 0.25) is 0 Å². The molecule has 4 aromatic carbocycles. The summed E-state index contributed by atoms with van der Waals surface area (Å²) < 4.78 is 5.69. The lowest BCUT2D eigenvalue weighted by atomic mass is 9.73. The summed E-state index contributed by atoms with van der Waals surface area (Å²) in [5.41, 5.74) is 0.617. The summed E-state index contributed by atoms with van der Waals surface area (Å²) in [4.78, 5) is 27.9. The monoisotopic (exact) mass is 510 g/mol. The van der Waals surface area contributed by atoms with Crippen LogP contribution < -0.4 is 5.43 Å². The molecule has 0 aliphatic rings. The van der Waals surface area contributed by atoms with Crippen molar-refractivity contribution in [3.8, 4) is 28.7 Å². The van der Waals surface area contributed by atoms with Gasteiger partial charge in [-0.1, -0.05) is 24.3 Å². The molecule has 0 spiro atoms. The molecule has 0 saturated heterocycles. The fraction of sp³-hybridized carbons (Fsp3) is 0.0667. The van der Waals surface area contributed by atoms with Crippen LogP contribution in [0.1, 0.15) is 38.9 Å². The standard InChI is InChI=1S/C30H22O8/c31-18-5-1-16(2-6-18)27(17-3-7-19(32)8-4-17)28(30(37)22-11-9-20(33)13-25(22)35)24-15-38-26-14-21(34)10-12-23(26)29(24)36/h1-15,27-28,31-35H/t28-/m1/s1. The van der Waals surface area contributed by atoms with Gasteiger partial charge in [-0.25, -0.2) is 0 Å². The minimum absolute atomic E-state index is 0.00212. The molecule has 5 aromatic rings. The number of aromatic hydroxyl groups is 5. The van der Waals surface area contributed by atoms with Crippen LogP contribution in [0.25, 0.3) is 11.0 Å². The topological polar surface area (TPSA) is 148 Å². The third-order valence-electron chi connectivity index (χ3n) is 6.49. The molecule has 0 amide bonds. The van der Waals surface area contributed by atoms with Crippen molar-refractivity contribution in [3.05, 3.63) is 124 Å². The van der Waals surface area contributed by atoms with E-state index >= 15 is 0 Å². The van der Waals surface area contributed by atoms with E-state index < -0.39 is 28.8 Å². The van der Waals surface area contributed by atoms with E-state index in [0.717, 1.165) is 12.3 Å². The lowest BCUT2D eigenvalue weighted by Gasteiger charge is -2.27. The second kappa shape index (κ2) is 9.67. The van der Waals surface area contributed by atoms with E-state index in [-0.39, 0.29) is 45.1 Å². The van der Waals surface area contributed by atoms with Gasteiger partial charge in [0.05, 0.1) is 23.1 Å². The first kappa shape index (κ1) is 24.5. The Kier molecular flexibility index (Phi) is 6.22. The highest BCUT2D eigenvalue weighted by molar-refractivity contribution is 6.04. The van der Waals surface area contributed by atoms with Crippen LogP contribution in [0.5, 0.6) is 28.7 Å². The fourth-order valence-corrected chi connectivity index (χ4v) is 4.66. The molecule has 38 heavy (non-hydrogen) atoms. The van der Waals surface area contributed by atoms with Crippen molar-refractivity contribution in [1.29, 1.82) is 0 Å². The molecule has 190 valence electrons. The predicted molar refractivity (Wildman–Crippen MR) is 139 cm³/mol. The van der Waals surface area contributed by atoms with Gasteiger partial charge in [0.15, 0.2) is 11.2 Å². The van der Waals surface area contributed by atoms with Gasteiger partial charge in [-0.3, -0.25) is 9.59 Å². The van der Waals surface area contributed by atoms with Crippen LogP contribution in [-0.2, 0) is 0 Å². The number of phenols is 5. The molecule has 5 rings (SSSR count). The number of benzene rings is 4. The Hall–Kier alpha value is -5.24. The Morgan fingerprint density at radius 2 is 1.18 bits per heavy atom. The van der Waals surface area contributed by atoms with E-state index in [4.69, 9.17) is 4.42 Å². The largest absolute Gasteiger partial charge is 0.508 e. The summed E-state index contributed by atoms with van der Waals surface area (Å²) in [5.74, 6) is -3.49. The normalized spacial score (nSPS) is 12.0. The average molecular weight is 510 g/mol. The maximum absolute atomic E-state index is 14.2. The lowest BCUT2D eigenvalue weighted by Crippen LogP contribution is -2.27. The lowest BCUT2D eigenvalue weighted by molar-refractivity contribution is 0.0947. The number of hydrogen-bond donors (Lipinski definition) is 5. The van der Waals surface area contributed by atoms with E-state index in [1.165, 1.54) is 54.6 Å². The fourth-order valence-electron chi connectivity index (χ4n) is 4.66. The Labute approximate surface area is 215 Å². The van der Waals surface area contributed by atoms with Gasteiger partial charge in [0, 0.05) is 23.6 Å². The predicted octanol–water partition coefficient (Wildman–Crippen LogP) is 5.12. The van der Waals surface area contributed by atoms with E-state index in [1.807, 2.05) is 0 Å². The van der Waals surface area contributed by atoms with Crippen molar-refractivity contribution in [2.75, 3.05) is 0 Å². The van der Waals surface area contributed by atoms with Crippen molar-refractivity contribution in [2.45, 2.75) is 11.8 Å². The van der Waals surface area contributed by atoms with E-state index in [9.17, 15) is 35.1 Å². The van der Waals surface area contributed by atoms with Crippen molar-refractivity contribution in [1.82, 2.24) is 0 Å². The van der Waals surface area contributed by atoms with Crippen LogP contribution in [0.4, 0.5) is 0 Å². The highest BCUT2D eigenvalue weighted by Gasteiger charge is 2.37. The van der Waals surface area contributed by atoms with Crippen LogP contribution in [0, 0.1) is 0 Å². The molecule has 1 aromatic heterocycles. The first-order chi connectivity index (χ1) is 18.2. The highest BCUT2D eigenvalue weighted by atomic mass is 16.3. The maximum Gasteiger partial charge on any atom is 0.196 e. The van der Waals surface area contributed by atoms with Gasteiger partial charge in [-0.15, -0.1) is 0 Å². The summed E-state index contributed by atoms with van der Waals surface area (Å²) in [6, 6.07) is 19.9. The number of hydrogen-bond acceptors (Lipinski definition) is 8. The molecule has 8 nitrogen and oxygen atoms in total. The molecular formula is C30H22O8. The molecular weight excluding hydrogens is 488 g/mol. The Bertz CT molecular complexity index is 1660. The van der Waals surface area contributed by atoms with Crippen molar-refractivity contribution in [3.63, 3.8) is 0 Å². The molecule has 0 aliphatic carbocycles. The number of carbonyl (C=O) groups excluding carboxylic acids is 1. The minimum Gasteiger partial charge on any atom is -0.508 e. The Balaban J connectivity index is 1.81. The van der Waals surface area contributed by atoms with Crippen molar-refractivity contribution < 1.29 is 34.7 Å². The molecule has 1 heterocycles. The van der Waals surface area contributed by atoms with Gasteiger partial charge in [0.25, 0.3) is 0 Å². The number of fused-ring (bicyclic) bond motifs is 1. The maximum atomic E-state index is 14.2. The zero-order chi connectivity index (χ0) is 27.0. The summed E-state index contributed by atoms with van der Waals surface area (Å²) in [5, 5.41) is 50.1. The molecule has 8 heteroatoms. The zero-order valence-corrected chi connectivity index (χ0v) is 19.8. The number of Topliss-reactive ketones (excluding diaryl/α,β-unsaturated/α-hetero) is 1. The quantitative estimate of drug-likeness (QED) is 0.198. The van der Waals surface area contributed by atoms with Crippen LogP contribution in [0.15, 0.2) is 100 Å². The highest BCUT2D eigenvalue weighted by Crippen LogP contribution is 2.42. The first-order valence-electron chi connectivity index (χ1n) is 11.6. The third-order valence-corrected chi connectivity index (χ3v) is 6.49. The second-order valence-electron chi connectivity index (χ2n) is 8.90. The Morgan fingerprint density at radius 3 is 1.76 bits per heavy atom. The van der Waals surface area contributed by atoms with Gasteiger partial charge in [-0.05, 0) is 59.7 Å². The van der Waals surface area contributed by atoms with Gasteiger partial charge in [0.2, 0.25) is 0 Å². The third kappa shape index (κ3) is 4.51. The van der Waals surface area contributed by atoms with Gasteiger partial charge >= 0.3 is 0 Å². The van der Waals surface area contributed by atoms with Crippen LogP contribution in [-0.4, -0.2) is 31.3 Å². The Morgan fingerprint density at radius 1 is 0.658 bits per heavy atom. The molecule has 5 N–H and O–H groups in total. The molecule has 0 saturated carbocycles. The molecule has 0 aliphatic heterocycles.